The highest BCUT2D eigenvalue weighted by Gasteiger charge is 2.29. The van der Waals surface area contributed by atoms with Gasteiger partial charge in [0.15, 0.2) is 11.8 Å². The van der Waals surface area contributed by atoms with Crippen molar-refractivity contribution in [1.29, 1.82) is 0 Å². The van der Waals surface area contributed by atoms with Crippen LogP contribution in [0.5, 0.6) is 5.75 Å². The number of carbonyl (C=O) groups excluding carboxylic acids is 1. The Labute approximate surface area is 155 Å². The number of nitrogens with one attached hydrogen (secondary N) is 1. The van der Waals surface area contributed by atoms with Gasteiger partial charge < -0.3 is 9.64 Å². The van der Waals surface area contributed by atoms with E-state index in [-0.39, 0.29) is 17.6 Å². The third kappa shape index (κ3) is 3.60. The van der Waals surface area contributed by atoms with Gasteiger partial charge in [0.05, 0.1) is 5.69 Å². The van der Waals surface area contributed by atoms with Gasteiger partial charge in [0.25, 0.3) is 5.91 Å². The summed E-state index contributed by atoms with van der Waals surface area (Å²) in [7, 11) is 0. The predicted octanol–water partition coefficient (Wildman–Crippen LogP) is 2.67. The molecule has 1 atom stereocenters. The first kappa shape index (κ1) is 17.4. The number of amides is 1. The maximum atomic E-state index is 13.0. The molecule has 27 heavy (non-hydrogen) atoms. The molecule has 0 saturated carbocycles. The van der Waals surface area contributed by atoms with Crippen LogP contribution in [0.25, 0.3) is 11.2 Å². The molecule has 0 aliphatic carbocycles. The van der Waals surface area contributed by atoms with E-state index in [1.54, 1.807) is 19.3 Å². The van der Waals surface area contributed by atoms with Gasteiger partial charge in [0, 0.05) is 31.4 Å². The minimum atomic E-state index is -0.620. The number of piperidine rings is 1. The fourth-order valence-corrected chi connectivity index (χ4v) is 3.47. The number of nitrogens with zero attached hydrogens (tertiary/aromatic N) is 4. The summed E-state index contributed by atoms with van der Waals surface area (Å²) in [6.07, 6.45) is 4.31. The summed E-state index contributed by atoms with van der Waals surface area (Å²) in [6, 6.07) is 5.68. The number of likely N-dealkylation sites (tertiary alicyclic amines) is 1. The highest BCUT2D eigenvalue weighted by molar-refractivity contribution is 5.81. The van der Waals surface area contributed by atoms with E-state index in [1.807, 2.05) is 4.90 Å². The minimum absolute atomic E-state index is 0.0629. The molecule has 0 radical (unpaired) electrons. The molecule has 1 fully saturated rings. The molecule has 0 spiro atoms. The molecule has 7 nitrogen and oxygen atoms in total. The number of halogens is 1. The quantitative estimate of drug-likeness (QED) is 0.764. The molecule has 0 bridgehead atoms. The Morgan fingerprint density at radius 1 is 1.22 bits per heavy atom. The van der Waals surface area contributed by atoms with Gasteiger partial charge in [0.2, 0.25) is 0 Å². The van der Waals surface area contributed by atoms with Crippen molar-refractivity contribution in [3.63, 3.8) is 0 Å². The van der Waals surface area contributed by atoms with Crippen molar-refractivity contribution in [2.24, 2.45) is 0 Å². The van der Waals surface area contributed by atoms with Crippen LogP contribution in [0.1, 0.15) is 31.4 Å². The Morgan fingerprint density at radius 2 is 1.93 bits per heavy atom. The van der Waals surface area contributed by atoms with E-state index in [2.05, 4.69) is 20.2 Å². The second-order valence-electron chi connectivity index (χ2n) is 6.68. The Kier molecular flexibility index (Phi) is 4.70. The summed E-state index contributed by atoms with van der Waals surface area (Å²) >= 11 is 0. The lowest BCUT2D eigenvalue weighted by molar-refractivity contribution is -0.139. The highest BCUT2D eigenvalue weighted by atomic mass is 19.1. The van der Waals surface area contributed by atoms with Crippen LogP contribution < -0.4 is 4.74 Å². The Bertz CT molecular complexity index is 935. The first-order chi connectivity index (χ1) is 13.1. The summed E-state index contributed by atoms with van der Waals surface area (Å²) in [4.78, 5) is 23.0. The zero-order valence-corrected chi connectivity index (χ0v) is 14.9. The number of H-pyrrole nitrogens is 1. The number of ether oxygens (including phenoxy) is 1. The van der Waals surface area contributed by atoms with Crippen molar-refractivity contribution in [3.8, 4) is 5.75 Å². The molecule has 4 rings (SSSR count). The van der Waals surface area contributed by atoms with Crippen LogP contribution in [0, 0.1) is 5.82 Å². The van der Waals surface area contributed by atoms with Crippen molar-refractivity contribution >= 4 is 17.1 Å². The average molecular weight is 369 g/mol. The van der Waals surface area contributed by atoms with Crippen molar-refractivity contribution in [2.45, 2.75) is 31.8 Å². The average Bonchev–Trinajstić information content (AvgIpc) is 3.13. The fourth-order valence-electron chi connectivity index (χ4n) is 3.47. The van der Waals surface area contributed by atoms with Crippen molar-refractivity contribution in [1.82, 2.24) is 25.1 Å². The maximum Gasteiger partial charge on any atom is 0.263 e. The smallest absolute Gasteiger partial charge is 0.263 e. The summed E-state index contributed by atoms with van der Waals surface area (Å²) in [5.41, 5.74) is 2.41. The summed E-state index contributed by atoms with van der Waals surface area (Å²) < 4.78 is 18.6. The Hall–Kier alpha value is -3.03. The lowest BCUT2D eigenvalue weighted by Crippen LogP contribution is -2.44. The van der Waals surface area contributed by atoms with Crippen molar-refractivity contribution < 1.29 is 13.9 Å². The molecule has 8 heteroatoms. The van der Waals surface area contributed by atoms with Gasteiger partial charge in [-0.2, -0.15) is 5.10 Å². The third-order valence-corrected chi connectivity index (χ3v) is 4.91. The number of fused-ring (bicyclic) bond motifs is 1. The number of aromatic nitrogens is 4. The van der Waals surface area contributed by atoms with Crippen LogP contribution in [0.4, 0.5) is 4.39 Å². The van der Waals surface area contributed by atoms with Gasteiger partial charge in [-0.05, 0) is 44.0 Å². The molecule has 1 aliphatic heterocycles. The van der Waals surface area contributed by atoms with Crippen molar-refractivity contribution in [2.75, 3.05) is 13.1 Å². The van der Waals surface area contributed by atoms with Crippen LogP contribution in [0.15, 0.2) is 36.7 Å². The summed E-state index contributed by atoms with van der Waals surface area (Å²) in [5.74, 6) is 0.352. The Morgan fingerprint density at radius 3 is 2.67 bits per heavy atom. The molecule has 1 amide bonds. The SMILES string of the molecule is C[C@H](Oc1ccc(F)cc1)C(=O)N1CCC(c2[nH]nc3nccnc23)CC1. The van der Waals surface area contributed by atoms with E-state index >= 15 is 0 Å². The number of carbonyl (C=O) groups is 1. The molecule has 0 unspecified atom stereocenters. The van der Waals surface area contributed by atoms with Crippen LogP contribution in [-0.4, -0.2) is 50.2 Å². The number of benzene rings is 1. The number of hydrogen-bond donors (Lipinski definition) is 1. The second-order valence-corrected chi connectivity index (χ2v) is 6.68. The summed E-state index contributed by atoms with van der Waals surface area (Å²) in [5, 5.41) is 7.26. The van der Waals surface area contributed by atoms with Gasteiger partial charge in [-0.25, -0.2) is 14.4 Å². The molecule has 140 valence electrons. The molecule has 1 N–H and O–H groups in total. The van der Waals surface area contributed by atoms with Crippen LogP contribution >= 0.6 is 0 Å². The highest BCUT2D eigenvalue weighted by Crippen LogP contribution is 2.30. The largest absolute Gasteiger partial charge is 0.481 e. The van der Waals surface area contributed by atoms with E-state index in [4.69, 9.17) is 4.74 Å². The van der Waals surface area contributed by atoms with Gasteiger partial charge in [0.1, 0.15) is 17.1 Å². The third-order valence-electron chi connectivity index (χ3n) is 4.91. The zero-order chi connectivity index (χ0) is 18.8. The Balaban J connectivity index is 1.37. The number of hydrogen-bond acceptors (Lipinski definition) is 5. The first-order valence-corrected chi connectivity index (χ1v) is 8.98. The van der Waals surface area contributed by atoms with Gasteiger partial charge >= 0.3 is 0 Å². The number of rotatable bonds is 4. The van der Waals surface area contributed by atoms with Crippen LogP contribution in [0.3, 0.4) is 0 Å². The van der Waals surface area contributed by atoms with E-state index in [0.29, 0.717) is 24.5 Å². The monoisotopic (exact) mass is 369 g/mol. The molecular weight excluding hydrogens is 349 g/mol. The maximum absolute atomic E-state index is 13.0. The topological polar surface area (TPSA) is 84.0 Å². The lowest BCUT2D eigenvalue weighted by atomic mass is 9.93. The fraction of sp³-hybridized carbons (Fsp3) is 0.368. The van der Waals surface area contributed by atoms with E-state index < -0.39 is 6.10 Å². The summed E-state index contributed by atoms with van der Waals surface area (Å²) in [6.45, 7) is 3.00. The molecule has 2 aromatic heterocycles. The van der Waals surface area contributed by atoms with E-state index in [0.717, 1.165) is 24.1 Å². The first-order valence-electron chi connectivity index (χ1n) is 8.98. The molecule has 3 aromatic rings. The molecule has 1 saturated heterocycles. The van der Waals surface area contributed by atoms with Gasteiger partial charge in [-0.1, -0.05) is 0 Å². The van der Waals surface area contributed by atoms with E-state index in [1.165, 1.54) is 24.3 Å². The lowest BCUT2D eigenvalue weighted by Gasteiger charge is -2.33. The van der Waals surface area contributed by atoms with Gasteiger partial charge in [-0.15, -0.1) is 0 Å². The van der Waals surface area contributed by atoms with Crippen LogP contribution in [0.2, 0.25) is 0 Å². The second kappa shape index (κ2) is 7.30. The minimum Gasteiger partial charge on any atom is -0.481 e. The standard InChI is InChI=1S/C19H20FN5O2/c1-12(27-15-4-2-14(20)3-5-15)19(26)25-10-6-13(7-11-25)16-17-18(24-23-16)22-9-8-21-17/h2-5,8-9,12-13H,6-7,10-11H2,1H3,(H,22,23,24)/t12-/m0/s1. The predicted molar refractivity (Wildman–Crippen MR) is 96.7 cm³/mol. The molecule has 1 aliphatic rings. The molecule has 3 heterocycles. The van der Waals surface area contributed by atoms with E-state index in [9.17, 15) is 9.18 Å². The van der Waals surface area contributed by atoms with Crippen molar-refractivity contribution in [3.05, 3.63) is 48.2 Å². The van der Waals surface area contributed by atoms with Gasteiger partial charge in [-0.3, -0.25) is 9.89 Å². The molecular formula is C19H20FN5O2. The molecule has 1 aromatic carbocycles. The normalized spacial score (nSPS) is 16.4. The number of aromatic amines is 1. The zero-order valence-electron chi connectivity index (χ0n) is 14.9. The van der Waals surface area contributed by atoms with Crippen LogP contribution in [-0.2, 0) is 4.79 Å².